The van der Waals surface area contributed by atoms with Crippen LogP contribution in [0.4, 0.5) is 4.39 Å². The van der Waals surface area contributed by atoms with Gasteiger partial charge in [0.1, 0.15) is 5.82 Å². The minimum absolute atomic E-state index is 0.0948. The van der Waals surface area contributed by atoms with Crippen molar-refractivity contribution in [1.82, 2.24) is 10.4 Å². The van der Waals surface area contributed by atoms with Crippen molar-refractivity contribution in [2.45, 2.75) is 12.5 Å². The van der Waals surface area contributed by atoms with Crippen LogP contribution >= 0.6 is 23.2 Å². The van der Waals surface area contributed by atoms with Gasteiger partial charge < -0.3 is 0 Å². The zero-order valence-corrected chi connectivity index (χ0v) is 11.4. The van der Waals surface area contributed by atoms with Gasteiger partial charge in [0.25, 0.3) is 0 Å². The number of hydrogen-bond donors (Lipinski definition) is 2. The smallest absolute Gasteiger partial charge is 0.145 e. The van der Waals surface area contributed by atoms with E-state index in [1.165, 1.54) is 12.3 Å². The minimum Gasteiger partial charge on any atom is -0.271 e. The van der Waals surface area contributed by atoms with Crippen LogP contribution in [0.25, 0.3) is 0 Å². The van der Waals surface area contributed by atoms with Gasteiger partial charge in [-0.2, -0.15) is 0 Å². The van der Waals surface area contributed by atoms with Gasteiger partial charge in [0.2, 0.25) is 0 Å². The molecule has 1 unspecified atom stereocenters. The standard InChI is InChI=1S/C13H12Cl2FN3/c14-9-4-5-11(18-7-9)12(19-17)6-8-2-1-3-10(15)13(8)16/h1-5,7,12,19H,6,17H2. The number of pyridine rings is 1. The Hall–Kier alpha value is -1.20. The van der Waals surface area contributed by atoms with Crippen molar-refractivity contribution in [3.8, 4) is 0 Å². The minimum atomic E-state index is -0.432. The first-order chi connectivity index (χ1) is 9.11. The molecule has 0 amide bonds. The lowest BCUT2D eigenvalue weighted by atomic mass is 10.0. The van der Waals surface area contributed by atoms with E-state index in [0.717, 1.165) is 0 Å². The Morgan fingerprint density at radius 2 is 2.05 bits per heavy atom. The second-order valence-electron chi connectivity index (χ2n) is 4.04. The Bertz CT molecular complexity index is 560. The number of hydrazine groups is 1. The molecule has 0 bridgehead atoms. The molecule has 6 heteroatoms. The van der Waals surface area contributed by atoms with E-state index >= 15 is 0 Å². The van der Waals surface area contributed by atoms with E-state index in [9.17, 15) is 4.39 Å². The number of halogens is 3. The number of nitrogens with zero attached hydrogens (tertiary/aromatic N) is 1. The van der Waals surface area contributed by atoms with Crippen LogP contribution in [-0.2, 0) is 6.42 Å². The van der Waals surface area contributed by atoms with E-state index in [2.05, 4.69) is 10.4 Å². The molecule has 0 aliphatic heterocycles. The molecule has 1 aromatic carbocycles. The third kappa shape index (κ3) is 3.42. The third-order valence-electron chi connectivity index (χ3n) is 2.76. The van der Waals surface area contributed by atoms with E-state index < -0.39 is 5.82 Å². The SMILES string of the molecule is NNC(Cc1cccc(Cl)c1F)c1ccc(Cl)cn1. The predicted octanol–water partition coefficient (Wildman–Crippen LogP) is 3.27. The fraction of sp³-hybridized carbons (Fsp3) is 0.154. The molecule has 0 aliphatic carbocycles. The molecule has 0 aliphatic rings. The molecule has 0 saturated heterocycles. The summed E-state index contributed by atoms with van der Waals surface area (Å²) < 4.78 is 13.8. The Morgan fingerprint density at radius 3 is 2.68 bits per heavy atom. The van der Waals surface area contributed by atoms with Gasteiger partial charge in [-0.3, -0.25) is 16.3 Å². The van der Waals surface area contributed by atoms with E-state index in [-0.39, 0.29) is 11.1 Å². The van der Waals surface area contributed by atoms with Gasteiger partial charge in [-0.05, 0) is 30.2 Å². The van der Waals surface area contributed by atoms with Crippen molar-refractivity contribution in [1.29, 1.82) is 0 Å². The Labute approximate surface area is 120 Å². The average molecular weight is 300 g/mol. The van der Waals surface area contributed by atoms with E-state index in [0.29, 0.717) is 22.7 Å². The molecule has 0 spiro atoms. The lowest BCUT2D eigenvalue weighted by molar-refractivity contribution is 0.519. The number of aromatic nitrogens is 1. The van der Waals surface area contributed by atoms with E-state index in [1.807, 2.05) is 0 Å². The van der Waals surface area contributed by atoms with Crippen LogP contribution < -0.4 is 11.3 Å². The largest absolute Gasteiger partial charge is 0.271 e. The molecular formula is C13H12Cl2FN3. The highest BCUT2D eigenvalue weighted by molar-refractivity contribution is 6.30. The summed E-state index contributed by atoms with van der Waals surface area (Å²) in [6, 6.07) is 8.01. The van der Waals surface area contributed by atoms with Gasteiger partial charge in [-0.1, -0.05) is 35.3 Å². The first-order valence-corrected chi connectivity index (χ1v) is 6.38. The molecule has 0 radical (unpaired) electrons. The van der Waals surface area contributed by atoms with E-state index in [4.69, 9.17) is 29.0 Å². The van der Waals surface area contributed by atoms with Crippen molar-refractivity contribution in [3.63, 3.8) is 0 Å². The first-order valence-electron chi connectivity index (χ1n) is 5.62. The van der Waals surface area contributed by atoms with Crippen LogP contribution in [0.1, 0.15) is 17.3 Å². The summed E-state index contributed by atoms with van der Waals surface area (Å²) in [6.07, 6.45) is 1.87. The van der Waals surface area contributed by atoms with Gasteiger partial charge in [0, 0.05) is 6.20 Å². The number of rotatable bonds is 4. The summed E-state index contributed by atoms with van der Waals surface area (Å²) in [7, 11) is 0. The second kappa shape index (κ2) is 6.30. The van der Waals surface area contributed by atoms with Gasteiger partial charge in [-0.25, -0.2) is 4.39 Å². The summed E-state index contributed by atoms with van der Waals surface area (Å²) in [5.41, 5.74) is 3.78. The third-order valence-corrected chi connectivity index (χ3v) is 3.28. The maximum absolute atomic E-state index is 13.8. The molecule has 1 heterocycles. The molecule has 3 N–H and O–H groups in total. The molecule has 0 saturated carbocycles. The zero-order chi connectivity index (χ0) is 13.8. The fourth-order valence-corrected chi connectivity index (χ4v) is 2.07. The van der Waals surface area contributed by atoms with Crippen molar-refractivity contribution >= 4 is 23.2 Å². The molecule has 2 aromatic rings. The highest BCUT2D eigenvalue weighted by Gasteiger charge is 2.15. The van der Waals surface area contributed by atoms with Crippen LogP contribution in [0.15, 0.2) is 36.5 Å². The van der Waals surface area contributed by atoms with Gasteiger partial charge in [-0.15, -0.1) is 0 Å². The molecule has 3 nitrogen and oxygen atoms in total. The second-order valence-corrected chi connectivity index (χ2v) is 4.88. The number of nitrogens with one attached hydrogen (secondary N) is 1. The van der Waals surface area contributed by atoms with Crippen LogP contribution in [0.3, 0.4) is 0 Å². The average Bonchev–Trinajstić information content (AvgIpc) is 2.42. The highest BCUT2D eigenvalue weighted by atomic mass is 35.5. The summed E-state index contributed by atoms with van der Waals surface area (Å²) >= 11 is 11.5. The first kappa shape index (κ1) is 14.2. The molecule has 19 heavy (non-hydrogen) atoms. The summed E-state index contributed by atoms with van der Waals surface area (Å²) in [6.45, 7) is 0. The quantitative estimate of drug-likeness (QED) is 0.673. The normalized spacial score (nSPS) is 12.4. The monoisotopic (exact) mass is 299 g/mol. The topological polar surface area (TPSA) is 50.9 Å². The number of benzene rings is 1. The van der Waals surface area contributed by atoms with Gasteiger partial charge >= 0.3 is 0 Å². The fourth-order valence-electron chi connectivity index (χ4n) is 1.77. The number of nitrogens with two attached hydrogens (primary N) is 1. The molecule has 0 fully saturated rings. The van der Waals surface area contributed by atoms with Crippen molar-refractivity contribution in [2.24, 2.45) is 5.84 Å². The lowest BCUT2D eigenvalue weighted by Gasteiger charge is -2.16. The summed E-state index contributed by atoms with van der Waals surface area (Å²) in [4.78, 5) is 4.17. The maximum Gasteiger partial charge on any atom is 0.145 e. The maximum atomic E-state index is 13.8. The van der Waals surface area contributed by atoms with Crippen molar-refractivity contribution in [3.05, 3.63) is 63.6 Å². The van der Waals surface area contributed by atoms with Crippen LogP contribution in [0.2, 0.25) is 10.0 Å². The van der Waals surface area contributed by atoms with Crippen molar-refractivity contribution in [2.75, 3.05) is 0 Å². The predicted molar refractivity (Wildman–Crippen MR) is 74.4 cm³/mol. The molecular weight excluding hydrogens is 288 g/mol. The van der Waals surface area contributed by atoms with Crippen LogP contribution in [-0.4, -0.2) is 4.98 Å². The van der Waals surface area contributed by atoms with Crippen molar-refractivity contribution < 1.29 is 4.39 Å². The van der Waals surface area contributed by atoms with Gasteiger partial charge in [0.05, 0.1) is 21.8 Å². The molecule has 1 aromatic heterocycles. The summed E-state index contributed by atoms with van der Waals surface area (Å²) in [5, 5.41) is 0.630. The Kier molecular flexibility index (Phi) is 4.71. The Balaban J connectivity index is 2.24. The number of hydrogen-bond acceptors (Lipinski definition) is 3. The van der Waals surface area contributed by atoms with Gasteiger partial charge in [0.15, 0.2) is 0 Å². The lowest BCUT2D eigenvalue weighted by Crippen LogP contribution is -2.30. The molecule has 100 valence electrons. The molecule has 1 atom stereocenters. The summed E-state index contributed by atoms with van der Waals surface area (Å²) in [5.74, 6) is 5.07. The molecule has 2 rings (SSSR count). The highest BCUT2D eigenvalue weighted by Crippen LogP contribution is 2.23. The van der Waals surface area contributed by atoms with E-state index in [1.54, 1.807) is 24.3 Å². The zero-order valence-electron chi connectivity index (χ0n) is 9.91. The Morgan fingerprint density at radius 1 is 1.26 bits per heavy atom. The van der Waals surface area contributed by atoms with Crippen LogP contribution in [0.5, 0.6) is 0 Å². The van der Waals surface area contributed by atoms with Crippen LogP contribution in [0, 0.1) is 5.82 Å².